The number of aliphatic hydroxyl groups excluding tert-OH is 1. The zero-order chi connectivity index (χ0) is 6.57. The minimum absolute atomic E-state index is 0.140. The van der Waals surface area contributed by atoms with Gasteiger partial charge in [-0.25, -0.2) is 0 Å². The Morgan fingerprint density at radius 2 is 1.88 bits per heavy atom. The van der Waals surface area contributed by atoms with Crippen LogP contribution >= 0.6 is 44.9 Å². The van der Waals surface area contributed by atoms with Gasteiger partial charge in [0.1, 0.15) is 5.44 Å². The van der Waals surface area contributed by atoms with E-state index >= 15 is 0 Å². The average Bonchev–Trinajstić information content (AvgIpc) is 1.84. The Balaban J connectivity index is 3.29. The van der Waals surface area contributed by atoms with E-state index in [0.29, 0.717) is 0 Å². The molecule has 0 amide bonds. The third-order valence-electron chi connectivity index (χ3n) is 0.676. The van der Waals surface area contributed by atoms with E-state index in [4.69, 9.17) is 5.11 Å². The lowest BCUT2D eigenvalue weighted by molar-refractivity contribution is 0.267. The monoisotopic (exact) mass is 188 g/mol. The Kier molecular flexibility index (Phi) is 6.05. The minimum atomic E-state index is -0.416. The summed E-state index contributed by atoms with van der Waals surface area (Å²) in [5.41, 5.74) is -0.416. The zero-order valence-corrected chi connectivity index (χ0v) is 7.73. The molecule has 1 nitrogen and oxygen atoms in total. The van der Waals surface area contributed by atoms with Gasteiger partial charge in [-0.2, -0.15) is 0 Å². The van der Waals surface area contributed by atoms with E-state index in [1.54, 1.807) is 0 Å². The van der Waals surface area contributed by atoms with Crippen molar-refractivity contribution in [1.82, 2.24) is 0 Å². The Bertz CT molecular complexity index is 51.2. The van der Waals surface area contributed by atoms with Gasteiger partial charge in [-0.15, -0.1) is 23.3 Å². The van der Waals surface area contributed by atoms with Crippen LogP contribution in [0.1, 0.15) is 6.92 Å². The van der Waals surface area contributed by atoms with Crippen LogP contribution in [0.5, 0.6) is 0 Å². The summed E-state index contributed by atoms with van der Waals surface area (Å²) in [6.07, 6.45) is 0. The van der Waals surface area contributed by atoms with E-state index < -0.39 is 5.44 Å². The summed E-state index contributed by atoms with van der Waals surface area (Å²) in [6, 6.07) is 0. The van der Waals surface area contributed by atoms with Gasteiger partial charge in [0.2, 0.25) is 0 Å². The van der Waals surface area contributed by atoms with Crippen molar-refractivity contribution in [1.29, 1.82) is 0 Å². The maximum atomic E-state index is 8.94. The molecular weight excluding hydrogens is 180 g/mol. The van der Waals surface area contributed by atoms with Gasteiger partial charge < -0.3 is 5.11 Å². The normalized spacial score (nSPS) is 18.0. The lowest BCUT2D eigenvalue weighted by Crippen LogP contribution is -2.12. The van der Waals surface area contributed by atoms with Gasteiger partial charge >= 0.3 is 0 Å². The van der Waals surface area contributed by atoms with Gasteiger partial charge in [-0.05, 0) is 6.92 Å². The Hall–Kier alpha value is 1.36. The summed E-state index contributed by atoms with van der Waals surface area (Å²) in [5, 5.41) is 9.08. The highest BCUT2D eigenvalue weighted by molar-refractivity contribution is 8.70. The first-order chi connectivity index (χ1) is 3.72. The summed E-state index contributed by atoms with van der Waals surface area (Å²) >= 11 is 7.75. The van der Waals surface area contributed by atoms with Crippen LogP contribution in [0, 0.1) is 0 Å². The highest BCUT2D eigenvalue weighted by Gasteiger charge is 2.10. The van der Waals surface area contributed by atoms with Crippen molar-refractivity contribution >= 4 is 44.9 Å². The molecule has 0 radical (unpaired) electrons. The molecule has 0 aliphatic carbocycles. The summed E-state index contributed by atoms with van der Waals surface area (Å²) in [6.45, 7) is 1.89. The number of hydrogen-bond donors (Lipinski definition) is 3. The molecule has 1 N–H and O–H groups in total. The van der Waals surface area contributed by atoms with E-state index in [-0.39, 0.29) is 5.25 Å². The van der Waals surface area contributed by atoms with Crippen molar-refractivity contribution in [3.63, 3.8) is 0 Å². The molecule has 0 aliphatic heterocycles. The predicted octanol–water partition coefficient (Wildman–Crippen LogP) is 1.85. The largest absolute Gasteiger partial charge is 0.380 e. The highest BCUT2D eigenvalue weighted by atomic mass is 33.1. The molecular formula is C3H8OS4. The van der Waals surface area contributed by atoms with E-state index in [0.717, 1.165) is 10.8 Å². The maximum Gasteiger partial charge on any atom is 0.121 e. The van der Waals surface area contributed by atoms with Gasteiger partial charge in [0.15, 0.2) is 0 Å². The maximum absolute atomic E-state index is 8.94. The number of rotatable bonds is 3. The third-order valence-corrected chi connectivity index (χ3v) is 3.71. The van der Waals surface area contributed by atoms with Gasteiger partial charge in [0.25, 0.3) is 0 Å². The van der Waals surface area contributed by atoms with Crippen molar-refractivity contribution in [2.45, 2.75) is 17.6 Å². The summed E-state index contributed by atoms with van der Waals surface area (Å²) in [7, 11) is 2.47. The fourth-order valence-corrected chi connectivity index (χ4v) is 2.13. The van der Waals surface area contributed by atoms with Crippen molar-refractivity contribution in [2.75, 3.05) is 0 Å². The van der Waals surface area contributed by atoms with E-state index in [9.17, 15) is 0 Å². The van der Waals surface area contributed by atoms with Crippen LogP contribution in [-0.4, -0.2) is 15.8 Å². The second kappa shape index (κ2) is 5.17. The molecule has 0 rings (SSSR count). The van der Waals surface area contributed by atoms with E-state index in [2.05, 4.69) is 23.3 Å². The number of hydrogen-bond acceptors (Lipinski definition) is 5. The highest BCUT2D eigenvalue weighted by Crippen LogP contribution is 2.26. The van der Waals surface area contributed by atoms with Gasteiger partial charge in [-0.1, -0.05) is 21.6 Å². The first-order valence-electron chi connectivity index (χ1n) is 2.01. The SMILES string of the molecule is CC(SS)C(O)SS. The minimum Gasteiger partial charge on any atom is -0.380 e. The molecule has 2 unspecified atom stereocenters. The lowest BCUT2D eigenvalue weighted by atomic mass is 10.5. The molecule has 0 aromatic heterocycles. The van der Waals surface area contributed by atoms with E-state index in [1.807, 2.05) is 6.92 Å². The molecule has 0 saturated heterocycles. The topological polar surface area (TPSA) is 20.2 Å². The third kappa shape index (κ3) is 3.40. The Morgan fingerprint density at radius 1 is 1.38 bits per heavy atom. The van der Waals surface area contributed by atoms with Gasteiger partial charge in [0.05, 0.1) is 0 Å². The fourth-order valence-electron chi connectivity index (χ4n) is 0.138. The molecule has 0 heterocycles. The quantitative estimate of drug-likeness (QED) is 0.357. The lowest BCUT2D eigenvalue weighted by Gasteiger charge is -2.10. The van der Waals surface area contributed by atoms with Crippen molar-refractivity contribution < 1.29 is 5.11 Å². The molecule has 0 fully saturated rings. The van der Waals surface area contributed by atoms with Crippen molar-refractivity contribution in [2.24, 2.45) is 0 Å². The van der Waals surface area contributed by atoms with E-state index in [1.165, 1.54) is 10.8 Å². The average molecular weight is 188 g/mol. The number of aliphatic hydroxyl groups is 1. The van der Waals surface area contributed by atoms with Gasteiger partial charge in [-0.3, -0.25) is 0 Å². The smallest absolute Gasteiger partial charge is 0.121 e. The molecule has 0 spiro atoms. The molecule has 0 aliphatic rings. The fraction of sp³-hybridized carbons (Fsp3) is 1.00. The van der Waals surface area contributed by atoms with Crippen LogP contribution in [0.4, 0.5) is 0 Å². The molecule has 0 saturated carbocycles. The molecule has 2 atom stereocenters. The summed E-state index contributed by atoms with van der Waals surface area (Å²) in [4.78, 5) is 0. The molecule has 50 valence electrons. The molecule has 8 heavy (non-hydrogen) atoms. The summed E-state index contributed by atoms with van der Waals surface area (Å²) < 4.78 is 0. The molecule has 0 bridgehead atoms. The van der Waals surface area contributed by atoms with Crippen LogP contribution in [-0.2, 0) is 0 Å². The predicted molar refractivity (Wildman–Crippen MR) is 48.6 cm³/mol. The second-order valence-corrected chi connectivity index (χ2v) is 4.22. The molecule has 0 aromatic carbocycles. The number of thiol groups is 2. The zero-order valence-electron chi connectivity index (χ0n) is 4.31. The first-order valence-corrected chi connectivity index (χ1v) is 5.87. The van der Waals surface area contributed by atoms with Crippen LogP contribution < -0.4 is 0 Å². The van der Waals surface area contributed by atoms with Crippen LogP contribution in [0.15, 0.2) is 0 Å². The second-order valence-electron chi connectivity index (χ2n) is 1.31. The van der Waals surface area contributed by atoms with Crippen LogP contribution in [0.25, 0.3) is 0 Å². The van der Waals surface area contributed by atoms with Crippen molar-refractivity contribution in [3.8, 4) is 0 Å². The van der Waals surface area contributed by atoms with Crippen LogP contribution in [0.2, 0.25) is 0 Å². The first kappa shape index (κ1) is 9.36. The molecule has 5 heteroatoms. The Morgan fingerprint density at radius 3 is 2.00 bits per heavy atom. The molecule has 0 aromatic rings. The standard InChI is InChI=1S/C3H8OS4/c1-2(7-5)3(4)8-6/h2-6H,1H3. The summed E-state index contributed by atoms with van der Waals surface area (Å²) in [5.74, 6) is 0. The van der Waals surface area contributed by atoms with Crippen LogP contribution in [0.3, 0.4) is 0 Å². The van der Waals surface area contributed by atoms with Gasteiger partial charge in [0, 0.05) is 5.25 Å². The van der Waals surface area contributed by atoms with Crippen molar-refractivity contribution in [3.05, 3.63) is 0 Å². The Labute approximate surface area is 67.6 Å².